The third-order valence-electron chi connectivity index (χ3n) is 4.12. The zero-order valence-electron chi connectivity index (χ0n) is 13.6. The summed E-state index contributed by atoms with van der Waals surface area (Å²) in [4.78, 5) is 37.0. The minimum Gasteiger partial charge on any atom is -0.326 e. The molecule has 0 radical (unpaired) electrons. The third-order valence-corrected chi connectivity index (χ3v) is 4.99. The van der Waals surface area contributed by atoms with Gasteiger partial charge < -0.3 is 10.6 Å². The first-order valence-electron chi connectivity index (χ1n) is 8.02. The van der Waals surface area contributed by atoms with E-state index in [1.54, 1.807) is 48.5 Å². The molecule has 6 heteroatoms. The van der Waals surface area contributed by atoms with Crippen LogP contribution in [-0.4, -0.2) is 17.6 Å². The van der Waals surface area contributed by atoms with Crippen LogP contribution in [0.5, 0.6) is 0 Å². The van der Waals surface area contributed by atoms with Crippen molar-refractivity contribution >= 4 is 40.3 Å². The van der Waals surface area contributed by atoms with E-state index in [2.05, 4.69) is 10.6 Å². The summed E-state index contributed by atoms with van der Waals surface area (Å²) in [6, 6.07) is 15.6. The summed E-state index contributed by atoms with van der Waals surface area (Å²) in [5, 5.41) is 7.39. The first-order chi connectivity index (χ1) is 12.6. The maximum absolute atomic E-state index is 12.8. The van der Waals surface area contributed by atoms with Gasteiger partial charge in [0.1, 0.15) is 0 Å². The van der Waals surface area contributed by atoms with E-state index < -0.39 is 0 Å². The van der Waals surface area contributed by atoms with E-state index in [4.69, 9.17) is 0 Å². The molecule has 1 aliphatic heterocycles. The van der Waals surface area contributed by atoms with E-state index in [9.17, 15) is 14.4 Å². The lowest BCUT2D eigenvalue weighted by Crippen LogP contribution is -2.11. The molecule has 26 heavy (non-hydrogen) atoms. The van der Waals surface area contributed by atoms with Crippen molar-refractivity contribution in [3.05, 3.63) is 81.5 Å². The Morgan fingerprint density at radius 3 is 2.65 bits per heavy atom. The monoisotopic (exact) mass is 362 g/mol. The Kier molecular flexibility index (Phi) is 4.10. The standard InChI is InChI=1S/C20H14N2O3S/c23-18-11-12-6-7-14(10-16(12)22-18)19(24)13-3-1-4-15(9-13)21-20(25)17-5-2-8-26-17/h1-10H,11H2,(H,21,25)(H,22,23). The molecule has 4 rings (SSSR count). The molecule has 3 aromatic rings. The summed E-state index contributed by atoms with van der Waals surface area (Å²) >= 11 is 1.36. The quantitative estimate of drug-likeness (QED) is 0.695. The van der Waals surface area contributed by atoms with Crippen LogP contribution >= 0.6 is 11.3 Å². The fourth-order valence-corrected chi connectivity index (χ4v) is 3.48. The molecule has 5 nitrogen and oxygen atoms in total. The third kappa shape index (κ3) is 3.14. The van der Waals surface area contributed by atoms with Crippen molar-refractivity contribution in [2.75, 3.05) is 10.6 Å². The highest BCUT2D eigenvalue weighted by molar-refractivity contribution is 7.12. The largest absolute Gasteiger partial charge is 0.326 e. The highest BCUT2D eigenvalue weighted by atomic mass is 32.1. The average Bonchev–Trinajstić information content (AvgIpc) is 3.29. The fraction of sp³-hybridized carbons (Fsp3) is 0.0500. The van der Waals surface area contributed by atoms with Gasteiger partial charge >= 0.3 is 0 Å². The minimum absolute atomic E-state index is 0.0668. The van der Waals surface area contributed by atoms with E-state index in [0.29, 0.717) is 33.8 Å². The van der Waals surface area contributed by atoms with Gasteiger partial charge in [-0.15, -0.1) is 11.3 Å². The number of hydrogen-bond donors (Lipinski definition) is 2. The highest BCUT2D eigenvalue weighted by Crippen LogP contribution is 2.25. The molecule has 0 spiro atoms. The number of hydrogen-bond acceptors (Lipinski definition) is 4. The molecule has 128 valence electrons. The van der Waals surface area contributed by atoms with Crippen LogP contribution in [0, 0.1) is 0 Å². The number of rotatable bonds is 4. The first kappa shape index (κ1) is 16.2. The van der Waals surface area contributed by atoms with Crippen molar-refractivity contribution in [3.63, 3.8) is 0 Å². The lowest BCUT2D eigenvalue weighted by molar-refractivity contribution is -0.115. The van der Waals surface area contributed by atoms with E-state index >= 15 is 0 Å². The van der Waals surface area contributed by atoms with Gasteiger partial charge in [-0.3, -0.25) is 14.4 Å². The molecule has 2 amide bonds. The van der Waals surface area contributed by atoms with Gasteiger partial charge in [-0.2, -0.15) is 0 Å². The maximum atomic E-state index is 12.8. The predicted octanol–water partition coefficient (Wildman–Crippen LogP) is 3.73. The SMILES string of the molecule is O=C1Cc2ccc(C(=O)c3cccc(NC(=O)c4cccs4)c3)cc2N1. The van der Waals surface area contributed by atoms with Crippen LogP contribution in [-0.2, 0) is 11.2 Å². The molecule has 0 unspecified atom stereocenters. The summed E-state index contributed by atoms with van der Waals surface area (Å²) in [6.07, 6.45) is 0.341. The zero-order chi connectivity index (χ0) is 18.1. The Morgan fingerprint density at radius 2 is 1.85 bits per heavy atom. The van der Waals surface area contributed by atoms with Gasteiger partial charge in [0.2, 0.25) is 5.91 Å². The number of carbonyl (C=O) groups excluding carboxylic acids is 3. The van der Waals surface area contributed by atoms with Crippen LogP contribution in [0.25, 0.3) is 0 Å². The lowest BCUT2D eigenvalue weighted by Gasteiger charge is -2.07. The molecular weight excluding hydrogens is 348 g/mol. The molecule has 1 aliphatic rings. The van der Waals surface area contributed by atoms with Crippen molar-refractivity contribution in [1.29, 1.82) is 0 Å². The Balaban J connectivity index is 1.56. The summed E-state index contributed by atoms with van der Waals surface area (Å²) in [5.74, 6) is -0.436. The van der Waals surface area contributed by atoms with Crippen LogP contribution < -0.4 is 10.6 Å². The molecule has 2 N–H and O–H groups in total. The molecular formula is C20H14N2O3S. The molecule has 0 atom stereocenters. The maximum Gasteiger partial charge on any atom is 0.265 e. The van der Waals surface area contributed by atoms with Crippen molar-refractivity contribution in [2.45, 2.75) is 6.42 Å². The Hall–Kier alpha value is -3.25. The molecule has 2 heterocycles. The van der Waals surface area contributed by atoms with E-state index in [0.717, 1.165) is 5.56 Å². The number of benzene rings is 2. The van der Waals surface area contributed by atoms with Crippen molar-refractivity contribution in [3.8, 4) is 0 Å². The van der Waals surface area contributed by atoms with Gasteiger partial charge in [-0.05, 0) is 35.2 Å². The molecule has 0 saturated carbocycles. The summed E-state index contributed by atoms with van der Waals surface area (Å²) < 4.78 is 0. The first-order valence-corrected chi connectivity index (χ1v) is 8.90. The van der Waals surface area contributed by atoms with Crippen LogP contribution in [0.4, 0.5) is 11.4 Å². The number of anilines is 2. The lowest BCUT2D eigenvalue weighted by atomic mass is 10.0. The van der Waals surface area contributed by atoms with Crippen LogP contribution in [0.15, 0.2) is 60.0 Å². The molecule has 0 bridgehead atoms. The average molecular weight is 362 g/mol. The molecule has 2 aromatic carbocycles. The predicted molar refractivity (Wildman–Crippen MR) is 101 cm³/mol. The van der Waals surface area contributed by atoms with Crippen LogP contribution in [0.2, 0.25) is 0 Å². The minimum atomic E-state index is -0.204. The van der Waals surface area contributed by atoms with Gasteiger partial charge in [-0.1, -0.05) is 30.3 Å². The van der Waals surface area contributed by atoms with Gasteiger partial charge in [-0.25, -0.2) is 0 Å². The van der Waals surface area contributed by atoms with Crippen molar-refractivity contribution < 1.29 is 14.4 Å². The topological polar surface area (TPSA) is 75.3 Å². The molecule has 0 aliphatic carbocycles. The Labute approximate surface area is 153 Å². The fourth-order valence-electron chi connectivity index (χ4n) is 2.86. The smallest absolute Gasteiger partial charge is 0.265 e. The van der Waals surface area contributed by atoms with Crippen LogP contribution in [0.3, 0.4) is 0 Å². The Morgan fingerprint density at radius 1 is 1.00 bits per heavy atom. The highest BCUT2D eigenvalue weighted by Gasteiger charge is 2.20. The molecule has 0 fully saturated rings. The number of amides is 2. The molecule has 1 aromatic heterocycles. The van der Waals surface area contributed by atoms with Crippen molar-refractivity contribution in [2.24, 2.45) is 0 Å². The molecule has 0 saturated heterocycles. The summed E-state index contributed by atoms with van der Waals surface area (Å²) in [5.41, 5.74) is 3.10. The van der Waals surface area contributed by atoms with Crippen LogP contribution in [0.1, 0.15) is 31.2 Å². The van der Waals surface area contributed by atoms with E-state index in [1.807, 2.05) is 11.4 Å². The second kappa shape index (κ2) is 6.57. The number of carbonyl (C=O) groups is 3. The number of ketones is 1. The van der Waals surface area contributed by atoms with Gasteiger partial charge in [0, 0.05) is 22.5 Å². The normalized spacial score (nSPS) is 12.4. The second-order valence-electron chi connectivity index (χ2n) is 5.94. The van der Waals surface area contributed by atoms with Gasteiger partial charge in [0.05, 0.1) is 11.3 Å². The van der Waals surface area contributed by atoms with Crippen molar-refractivity contribution in [1.82, 2.24) is 0 Å². The van der Waals surface area contributed by atoms with E-state index in [1.165, 1.54) is 11.3 Å². The Bertz CT molecular complexity index is 1030. The second-order valence-corrected chi connectivity index (χ2v) is 6.89. The summed E-state index contributed by atoms with van der Waals surface area (Å²) in [7, 11) is 0. The number of nitrogens with one attached hydrogen (secondary N) is 2. The number of thiophene rings is 1. The van der Waals surface area contributed by atoms with Gasteiger partial charge in [0.15, 0.2) is 5.78 Å². The van der Waals surface area contributed by atoms with Gasteiger partial charge in [0.25, 0.3) is 5.91 Å². The van der Waals surface area contributed by atoms with E-state index in [-0.39, 0.29) is 17.6 Å². The number of fused-ring (bicyclic) bond motifs is 1. The summed E-state index contributed by atoms with van der Waals surface area (Å²) in [6.45, 7) is 0. The zero-order valence-corrected chi connectivity index (χ0v) is 14.4.